The molecular weight excluding hydrogens is 366 g/mol. The van der Waals surface area contributed by atoms with Crippen molar-refractivity contribution in [3.8, 4) is 0 Å². The van der Waals surface area contributed by atoms with Crippen molar-refractivity contribution in [2.24, 2.45) is 40.4 Å². The molecule has 2 saturated carbocycles. The maximum Gasteiger partial charge on any atom is 0.0577 e. The Labute approximate surface area is 185 Å². The molecule has 5 rings (SSSR count). The van der Waals surface area contributed by atoms with Crippen molar-refractivity contribution >= 4 is 0 Å². The molecule has 1 aliphatic heterocycles. The molecule has 2 heteroatoms. The Morgan fingerprint density at radius 1 is 0.967 bits per heavy atom. The van der Waals surface area contributed by atoms with E-state index in [1.807, 2.05) is 11.1 Å². The van der Waals surface area contributed by atoms with Gasteiger partial charge in [0.15, 0.2) is 0 Å². The van der Waals surface area contributed by atoms with E-state index in [1.165, 1.54) is 64.5 Å². The first kappa shape index (κ1) is 21.3. The van der Waals surface area contributed by atoms with Crippen LogP contribution in [0.5, 0.6) is 0 Å². The summed E-state index contributed by atoms with van der Waals surface area (Å²) in [5.74, 6) is 4.08. The van der Waals surface area contributed by atoms with Gasteiger partial charge in [0.1, 0.15) is 0 Å². The van der Waals surface area contributed by atoms with Crippen LogP contribution in [0.1, 0.15) is 91.9 Å². The second-order valence-electron chi connectivity index (χ2n) is 11.9. The normalized spacial score (nSPS) is 46.8. The molecule has 0 bridgehead atoms. The average Bonchev–Trinajstić information content (AvgIpc) is 3.06. The van der Waals surface area contributed by atoms with Crippen molar-refractivity contribution in [2.45, 2.75) is 98.0 Å². The lowest BCUT2D eigenvalue weighted by Crippen LogP contribution is -2.53. The van der Waals surface area contributed by atoms with Crippen LogP contribution < -0.4 is 5.32 Å². The van der Waals surface area contributed by atoms with Crippen LogP contribution in [-0.4, -0.2) is 24.3 Å². The largest absolute Gasteiger partial charge is 0.393 e. The van der Waals surface area contributed by atoms with Crippen LogP contribution >= 0.6 is 0 Å². The number of nitrogens with one attached hydrogen (secondary N) is 1. The van der Waals surface area contributed by atoms with E-state index in [0.717, 1.165) is 42.4 Å². The van der Waals surface area contributed by atoms with Crippen LogP contribution in [0, 0.1) is 40.4 Å². The lowest BCUT2D eigenvalue weighted by Gasteiger charge is -2.60. The third kappa shape index (κ3) is 3.03. The third-order valence-corrected chi connectivity index (χ3v) is 10.7. The monoisotopic (exact) mass is 411 g/mol. The van der Waals surface area contributed by atoms with E-state index < -0.39 is 0 Å². The summed E-state index contributed by atoms with van der Waals surface area (Å²) in [4.78, 5) is 0. The van der Waals surface area contributed by atoms with Crippen molar-refractivity contribution < 1.29 is 5.11 Å². The van der Waals surface area contributed by atoms with E-state index in [-0.39, 0.29) is 6.10 Å². The van der Waals surface area contributed by atoms with Gasteiger partial charge in [-0.05, 0) is 118 Å². The number of piperidine rings is 1. The zero-order valence-corrected chi connectivity index (χ0v) is 20.0. The Balaban J connectivity index is 1.53. The van der Waals surface area contributed by atoms with Gasteiger partial charge in [-0.1, -0.05) is 50.5 Å². The summed E-state index contributed by atoms with van der Waals surface area (Å²) in [6, 6.07) is 0. The predicted octanol–water partition coefficient (Wildman–Crippen LogP) is 6.26. The summed E-state index contributed by atoms with van der Waals surface area (Å²) >= 11 is 0. The van der Waals surface area contributed by atoms with E-state index >= 15 is 0 Å². The number of allylic oxidation sites excluding steroid dienone is 3. The molecule has 0 aromatic heterocycles. The Bertz CT molecular complexity index is 731. The number of aliphatic hydroxyl groups excluding tert-OH is 1. The fourth-order valence-corrected chi connectivity index (χ4v) is 9.21. The van der Waals surface area contributed by atoms with Crippen LogP contribution in [0.4, 0.5) is 0 Å². The lowest BCUT2D eigenvalue weighted by molar-refractivity contribution is -0.0543. The van der Waals surface area contributed by atoms with E-state index in [9.17, 15) is 5.11 Å². The van der Waals surface area contributed by atoms with Crippen molar-refractivity contribution in [1.29, 1.82) is 0 Å². The summed E-state index contributed by atoms with van der Waals surface area (Å²) in [6.45, 7) is 12.5. The van der Waals surface area contributed by atoms with Gasteiger partial charge in [0.25, 0.3) is 0 Å². The highest BCUT2D eigenvalue weighted by molar-refractivity contribution is 5.36. The quantitative estimate of drug-likeness (QED) is 0.537. The molecule has 0 amide bonds. The van der Waals surface area contributed by atoms with Crippen molar-refractivity contribution in [2.75, 3.05) is 13.1 Å². The molecule has 3 fully saturated rings. The van der Waals surface area contributed by atoms with Crippen molar-refractivity contribution in [3.05, 3.63) is 22.8 Å². The molecule has 168 valence electrons. The topological polar surface area (TPSA) is 32.3 Å². The van der Waals surface area contributed by atoms with E-state index in [4.69, 9.17) is 0 Å². The fourth-order valence-electron chi connectivity index (χ4n) is 9.21. The van der Waals surface area contributed by atoms with Crippen LogP contribution in [-0.2, 0) is 0 Å². The lowest BCUT2D eigenvalue weighted by atomic mass is 9.44. The molecule has 5 aliphatic rings. The molecule has 1 saturated heterocycles. The highest BCUT2D eigenvalue weighted by Gasteiger charge is 2.60. The van der Waals surface area contributed by atoms with Gasteiger partial charge in [-0.2, -0.15) is 0 Å². The molecular formula is C28H45NO. The average molecular weight is 412 g/mol. The van der Waals surface area contributed by atoms with Crippen LogP contribution in [0.25, 0.3) is 0 Å². The molecule has 0 radical (unpaired) electrons. The first-order valence-electron chi connectivity index (χ1n) is 13.2. The van der Waals surface area contributed by atoms with Gasteiger partial charge in [0.05, 0.1) is 6.10 Å². The van der Waals surface area contributed by atoms with Gasteiger partial charge in [-0.25, -0.2) is 0 Å². The maximum atomic E-state index is 10.4. The summed E-state index contributed by atoms with van der Waals surface area (Å²) in [5.41, 5.74) is 6.20. The highest BCUT2D eigenvalue weighted by Crippen LogP contribution is 2.68. The first-order valence-corrected chi connectivity index (χ1v) is 13.2. The molecule has 0 aromatic carbocycles. The highest BCUT2D eigenvalue weighted by atomic mass is 16.3. The first-order chi connectivity index (χ1) is 14.4. The summed E-state index contributed by atoms with van der Waals surface area (Å²) in [5, 5.41) is 14.0. The molecule has 7 atom stereocenters. The van der Waals surface area contributed by atoms with Gasteiger partial charge in [-0.3, -0.25) is 0 Å². The van der Waals surface area contributed by atoms with E-state index in [1.54, 1.807) is 5.57 Å². The molecule has 4 aliphatic carbocycles. The Hall–Kier alpha value is -0.600. The minimum Gasteiger partial charge on any atom is -0.393 e. The Morgan fingerprint density at radius 3 is 2.40 bits per heavy atom. The second kappa shape index (κ2) is 7.77. The van der Waals surface area contributed by atoms with Crippen molar-refractivity contribution in [3.63, 3.8) is 0 Å². The van der Waals surface area contributed by atoms with Gasteiger partial charge in [0.2, 0.25) is 0 Å². The number of hydrogen-bond donors (Lipinski definition) is 2. The molecule has 2 nitrogen and oxygen atoms in total. The van der Waals surface area contributed by atoms with Gasteiger partial charge >= 0.3 is 0 Å². The van der Waals surface area contributed by atoms with Crippen LogP contribution in [0.3, 0.4) is 0 Å². The number of fused-ring (bicyclic) bond motifs is 5. The summed E-state index contributed by atoms with van der Waals surface area (Å²) in [6.07, 6.45) is 15.2. The van der Waals surface area contributed by atoms with E-state index in [0.29, 0.717) is 10.8 Å². The molecule has 30 heavy (non-hydrogen) atoms. The van der Waals surface area contributed by atoms with Crippen molar-refractivity contribution in [1.82, 2.24) is 5.32 Å². The predicted molar refractivity (Wildman–Crippen MR) is 125 cm³/mol. The SMILES string of the molecule is CCC1=C(C2CCNCC2)[C@@]2(C)CC[C@@H]3[C@@H](C(CC)C=C4CC(O)CC[C@@]43C)[C@@H]2C1. The van der Waals surface area contributed by atoms with Crippen LogP contribution in [0.2, 0.25) is 0 Å². The summed E-state index contributed by atoms with van der Waals surface area (Å²) in [7, 11) is 0. The second-order valence-corrected chi connectivity index (χ2v) is 11.9. The minimum absolute atomic E-state index is 0.0985. The summed E-state index contributed by atoms with van der Waals surface area (Å²) < 4.78 is 0. The zero-order valence-electron chi connectivity index (χ0n) is 20.0. The molecule has 1 heterocycles. The van der Waals surface area contributed by atoms with Gasteiger partial charge in [-0.15, -0.1) is 0 Å². The molecule has 0 spiro atoms. The van der Waals surface area contributed by atoms with Gasteiger partial charge < -0.3 is 10.4 Å². The molecule has 2 unspecified atom stereocenters. The minimum atomic E-state index is -0.0985. The Kier molecular flexibility index (Phi) is 5.50. The standard InChI is InChI=1S/C28H45NO/c1-5-18-15-21-17-22(30)7-11-27(21,3)23-8-12-28(4)24(25(18)23)16-19(6-2)26(28)20-9-13-29-14-10-20/h15,18,20,22-25,29-30H,5-14,16-17H2,1-4H3/t18?,22?,23-,24+,25-,27+,28+/m1/s1. The fraction of sp³-hybridized carbons (Fsp3) is 0.857. The number of rotatable bonds is 3. The number of hydrogen-bond acceptors (Lipinski definition) is 2. The maximum absolute atomic E-state index is 10.4. The Morgan fingerprint density at radius 2 is 1.70 bits per heavy atom. The smallest absolute Gasteiger partial charge is 0.0577 e. The third-order valence-electron chi connectivity index (χ3n) is 10.7. The van der Waals surface area contributed by atoms with Gasteiger partial charge in [0, 0.05) is 0 Å². The van der Waals surface area contributed by atoms with E-state index in [2.05, 4.69) is 39.1 Å². The molecule has 0 aromatic rings. The van der Waals surface area contributed by atoms with Crippen LogP contribution in [0.15, 0.2) is 22.8 Å². The number of aliphatic hydroxyl groups is 1. The zero-order chi connectivity index (χ0) is 21.1. The molecule has 2 N–H and O–H groups in total.